The maximum absolute atomic E-state index is 9.10. The normalized spacial score (nSPS) is 19.3. The van der Waals surface area contributed by atoms with Crippen molar-refractivity contribution in [3.05, 3.63) is 29.3 Å². The van der Waals surface area contributed by atoms with Crippen LogP contribution >= 0.6 is 0 Å². The topological polar surface area (TPSA) is 48.3 Å². The molecule has 1 aliphatic heterocycles. The van der Waals surface area contributed by atoms with Crippen LogP contribution in [0.1, 0.15) is 17.5 Å². The van der Waals surface area contributed by atoms with Crippen LogP contribution in [0.15, 0.2) is 18.2 Å². The number of nitrogens with one attached hydrogen (secondary N) is 1. The van der Waals surface area contributed by atoms with Crippen molar-refractivity contribution in [1.29, 1.82) is 5.26 Å². The van der Waals surface area contributed by atoms with Crippen LogP contribution in [0.2, 0.25) is 0 Å². The summed E-state index contributed by atoms with van der Waals surface area (Å²) in [6, 6.07) is 8.05. The van der Waals surface area contributed by atoms with E-state index in [2.05, 4.69) is 16.3 Å². The van der Waals surface area contributed by atoms with Crippen LogP contribution in [0, 0.1) is 17.2 Å². The SMILES string of the molecule is CNCC1CCN(Cc2ccc(OC)c(C#N)c2)C1. The first-order valence-electron chi connectivity index (χ1n) is 6.70. The van der Waals surface area contributed by atoms with Gasteiger partial charge >= 0.3 is 0 Å². The Bertz CT molecular complexity index is 467. The van der Waals surface area contributed by atoms with Gasteiger partial charge in [0.25, 0.3) is 0 Å². The van der Waals surface area contributed by atoms with Gasteiger partial charge in [0.15, 0.2) is 0 Å². The third-order valence-electron chi connectivity index (χ3n) is 3.65. The highest BCUT2D eigenvalue weighted by Crippen LogP contribution is 2.22. The van der Waals surface area contributed by atoms with Crippen molar-refractivity contribution in [2.24, 2.45) is 5.92 Å². The summed E-state index contributed by atoms with van der Waals surface area (Å²) in [5, 5.41) is 12.3. The summed E-state index contributed by atoms with van der Waals surface area (Å²) in [5.41, 5.74) is 1.80. The van der Waals surface area contributed by atoms with Gasteiger partial charge in [-0.3, -0.25) is 4.90 Å². The first-order valence-corrected chi connectivity index (χ1v) is 6.70. The molecule has 1 fully saturated rings. The third-order valence-corrected chi connectivity index (χ3v) is 3.65. The van der Waals surface area contributed by atoms with E-state index < -0.39 is 0 Å². The van der Waals surface area contributed by atoms with Gasteiger partial charge < -0.3 is 10.1 Å². The minimum atomic E-state index is 0.617. The summed E-state index contributed by atoms with van der Waals surface area (Å²) in [4.78, 5) is 2.45. The standard InChI is InChI=1S/C15H21N3O/c1-17-9-13-5-6-18(11-13)10-12-3-4-15(19-2)14(7-12)8-16/h3-4,7,13,17H,5-6,9-11H2,1-2H3. The monoisotopic (exact) mass is 259 g/mol. The van der Waals surface area contributed by atoms with Crippen molar-refractivity contribution >= 4 is 0 Å². The summed E-state index contributed by atoms with van der Waals surface area (Å²) in [5.74, 6) is 1.40. The second-order valence-electron chi connectivity index (χ2n) is 5.09. The van der Waals surface area contributed by atoms with Gasteiger partial charge in [-0.1, -0.05) is 6.07 Å². The number of benzene rings is 1. The van der Waals surface area contributed by atoms with Gasteiger partial charge in [0.2, 0.25) is 0 Å². The number of likely N-dealkylation sites (tertiary alicyclic amines) is 1. The van der Waals surface area contributed by atoms with Crippen molar-refractivity contribution in [3.63, 3.8) is 0 Å². The molecular weight excluding hydrogens is 238 g/mol. The van der Waals surface area contributed by atoms with Crippen LogP contribution in [-0.4, -0.2) is 38.7 Å². The molecule has 0 spiro atoms. The quantitative estimate of drug-likeness (QED) is 0.872. The van der Waals surface area contributed by atoms with Gasteiger partial charge in [0, 0.05) is 13.1 Å². The summed E-state index contributed by atoms with van der Waals surface area (Å²) in [7, 11) is 3.60. The second-order valence-corrected chi connectivity index (χ2v) is 5.09. The predicted molar refractivity (Wildman–Crippen MR) is 75.0 cm³/mol. The van der Waals surface area contributed by atoms with Crippen molar-refractivity contribution in [1.82, 2.24) is 10.2 Å². The third kappa shape index (κ3) is 3.46. The molecule has 2 rings (SSSR count). The molecule has 0 aromatic heterocycles. The molecule has 1 saturated heterocycles. The van der Waals surface area contributed by atoms with Gasteiger partial charge in [-0.25, -0.2) is 0 Å². The summed E-state index contributed by atoms with van der Waals surface area (Å²) < 4.78 is 5.17. The summed E-state index contributed by atoms with van der Waals surface area (Å²) in [6.45, 7) is 4.27. The van der Waals surface area contributed by atoms with E-state index in [9.17, 15) is 0 Å². The predicted octanol–water partition coefficient (Wildman–Crippen LogP) is 1.61. The second kappa shape index (κ2) is 6.55. The minimum absolute atomic E-state index is 0.617. The highest BCUT2D eigenvalue weighted by Gasteiger charge is 2.21. The maximum atomic E-state index is 9.10. The van der Waals surface area contributed by atoms with Crippen molar-refractivity contribution in [2.45, 2.75) is 13.0 Å². The Kier molecular flexibility index (Phi) is 4.78. The van der Waals surface area contributed by atoms with E-state index in [4.69, 9.17) is 10.00 Å². The number of ether oxygens (including phenoxy) is 1. The fourth-order valence-electron chi connectivity index (χ4n) is 2.71. The van der Waals surface area contributed by atoms with Crippen LogP contribution in [0.5, 0.6) is 5.75 Å². The average Bonchev–Trinajstić information content (AvgIpc) is 2.86. The number of methoxy groups -OCH3 is 1. The zero-order valence-electron chi connectivity index (χ0n) is 11.6. The van der Waals surface area contributed by atoms with Gasteiger partial charge in [-0.2, -0.15) is 5.26 Å². The molecule has 0 bridgehead atoms. The molecule has 4 nitrogen and oxygen atoms in total. The van der Waals surface area contributed by atoms with Crippen LogP contribution in [-0.2, 0) is 6.54 Å². The molecule has 0 radical (unpaired) electrons. The lowest BCUT2D eigenvalue weighted by atomic mass is 10.1. The van der Waals surface area contributed by atoms with Gasteiger partial charge in [0.1, 0.15) is 11.8 Å². The lowest BCUT2D eigenvalue weighted by Gasteiger charge is -2.16. The molecule has 1 atom stereocenters. The van der Waals surface area contributed by atoms with Gasteiger partial charge in [-0.15, -0.1) is 0 Å². The number of nitrogens with zero attached hydrogens (tertiary/aromatic N) is 2. The maximum Gasteiger partial charge on any atom is 0.136 e. The van der Waals surface area contributed by atoms with E-state index in [1.807, 2.05) is 25.2 Å². The van der Waals surface area contributed by atoms with Crippen molar-refractivity contribution < 1.29 is 4.74 Å². The molecule has 19 heavy (non-hydrogen) atoms. The first kappa shape index (κ1) is 13.9. The molecule has 4 heteroatoms. The molecule has 0 aliphatic carbocycles. The Labute approximate surface area is 115 Å². The molecule has 1 N–H and O–H groups in total. The number of hydrogen-bond donors (Lipinski definition) is 1. The fraction of sp³-hybridized carbons (Fsp3) is 0.533. The number of nitriles is 1. The van der Waals surface area contributed by atoms with Gasteiger partial charge in [0.05, 0.1) is 12.7 Å². The molecule has 1 aliphatic rings. The van der Waals surface area contributed by atoms with Crippen molar-refractivity contribution in [3.8, 4) is 11.8 Å². The van der Waals surface area contributed by atoms with Crippen LogP contribution in [0.3, 0.4) is 0 Å². The first-order chi connectivity index (χ1) is 9.26. The molecule has 1 heterocycles. The Balaban J connectivity index is 1.99. The lowest BCUT2D eigenvalue weighted by molar-refractivity contribution is 0.315. The lowest BCUT2D eigenvalue weighted by Crippen LogP contribution is -2.24. The Morgan fingerprint density at radius 3 is 3.05 bits per heavy atom. The summed E-state index contributed by atoms with van der Waals surface area (Å²) >= 11 is 0. The van der Waals surface area contributed by atoms with E-state index in [1.54, 1.807) is 7.11 Å². The van der Waals surface area contributed by atoms with E-state index >= 15 is 0 Å². The number of rotatable bonds is 5. The van der Waals surface area contributed by atoms with Crippen molar-refractivity contribution in [2.75, 3.05) is 33.8 Å². The molecule has 1 aromatic rings. The average molecular weight is 259 g/mol. The van der Waals surface area contributed by atoms with E-state index in [1.165, 1.54) is 12.0 Å². The number of hydrogen-bond acceptors (Lipinski definition) is 4. The Morgan fingerprint density at radius 1 is 1.53 bits per heavy atom. The fourth-order valence-corrected chi connectivity index (χ4v) is 2.71. The Morgan fingerprint density at radius 2 is 2.37 bits per heavy atom. The molecule has 1 unspecified atom stereocenters. The van der Waals surface area contributed by atoms with Crippen LogP contribution < -0.4 is 10.1 Å². The van der Waals surface area contributed by atoms with Gasteiger partial charge in [-0.05, 0) is 50.2 Å². The van der Waals surface area contributed by atoms with Crippen LogP contribution in [0.25, 0.3) is 0 Å². The zero-order valence-corrected chi connectivity index (χ0v) is 11.6. The van der Waals surface area contributed by atoms with E-state index in [-0.39, 0.29) is 0 Å². The minimum Gasteiger partial charge on any atom is -0.495 e. The largest absolute Gasteiger partial charge is 0.495 e. The molecular formula is C15H21N3O. The Hall–Kier alpha value is -1.57. The van der Waals surface area contributed by atoms with E-state index in [0.29, 0.717) is 11.3 Å². The smallest absolute Gasteiger partial charge is 0.136 e. The highest BCUT2D eigenvalue weighted by atomic mass is 16.5. The zero-order chi connectivity index (χ0) is 13.7. The van der Waals surface area contributed by atoms with E-state index in [0.717, 1.165) is 32.1 Å². The summed E-state index contributed by atoms with van der Waals surface area (Å²) in [6.07, 6.45) is 1.25. The molecule has 0 amide bonds. The molecule has 1 aromatic carbocycles. The van der Waals surface area contributed by atoms with Crippen LogP contribution in [0.4, 0.5) is 0 Å². The highest BCUT2D eigenvalue weighted by molar-refractivity contribution is 5.45. The molecule has 0 saturated carbocycles. The molecule has 102 valence electrons.